The third kappa shape index (κ3) is 6.21. The van der Waals surface area contributed by atoms with Gasteiger partial charge in [0.25, 0.3) is 11.5 Å². The average Bonchev–Trinajstić information content (AvgIpc) is 2.88. The van der Waals surface area contributed by atoms with Crippen LogP contribution in [0.2, 0.25) is 0 Å². The third-order valence-corrected chi connectivity index (χ3v) is 5.68. The lowest BCUT2D eigenvalue weighted by Crippen LogP contribution is -2.41. The van der Waals surface area contributed by atoms with Crippen molar-refractivity contribution < 1.29 is 14.3 Å². The van der Waals surface area contributed by atoms with E-state index in [1.54, 1.807) is 24.3 Å². The van der Waals surface area contributed by atoms with Crippen LogP contribution in [0, 0.1) is 0 Å². The summed E-state index contributed by atoms with van der Waals surface area (Å²) in [5.74, 6) is -0.474. The molecular formula is C26H31N5O5. The maximum Gasteiger partial charge on any atom is 0.330 e. The second-order valence-corrected chi connectivity index (χ2v) is 8.17. The molecule has 0 fully saturated rings. The maximum absolute atomic E-state index is 13.4. The van der Waals surface area contributed by atoms with Gasteiger partial charge in [-0.15, -0.1) is 0 Å². The number of carbonyl (C=O) groups is 2. The number of hydrogen-bond acceptors (Lipinski definition) is 6. The van der Waals surface area contributed by atoms with Crippen LogP contribution in [-0.4, -0.2) is 35.0 Å². The van der Waals surface area contributed by atoms with E-state index < -0.39 is 17.2 Å². The van der Waals surface area contributed by atoms with E-state index in [2.05, 4.69) is 10.3 Å². The number of aromatic nitrogens is 2. The Kier molecular flexibility index (Phi) is 9.04. The lowest BCUT2D eigenvalue weighted by atomic mass is 10.1. The van der Waals surface area contributed by atoms with E-state index in [0.717, 1.165) is 12.0 Å². The highest BCUT2D eigenvalue weighted by atomic mass is 16.5. The number of hydrogen-bond donors (Lipinski definition) is 3. The first kappa shape index (κ1) is 26.3. The largest absolute Gasteiger partial charge is 0.496 e. The first-order chi connectivity index (χ1) is 17.4. The molecule has 10 nitrogen and oxygen atoms in total. The number of anilines is 2. The van der Waals surface area contributed by atoms with E-state index in [4.69, 9.17) is 10.5 Å². The van der Waals surface area contributed by atoms with Crippen LogP contribution in [0.4, 0.5) is 11.5 Å². The van der Waals surface area contributed by atoms with Crippen LogP contribution in [0.25, 0.3) is 0 Å². The van der Waals surface area contributed by atoms with Crippen molar-refractivity contribution in [2.24, 2.45) is 0 Å². The molecule has 0 saturated carbocycles. The first-order valence-corrected chi connectivity index (χ1v) is 11.8. The highest BCUT2D eigenvalue weighted by Crippen LogP contribution is 2.21. The van der Waals surface area contributed by atoms with Gasteiger partial charge in [0.1, 0.15) is 11.6 Å². The summed E-state index contributed by atoms with van der Waals surface area (Å²) in [6.07, 6.45) is 1.40. The van der Waals surface area contributed by atoms with Gasteiger partial charge in [0.15, 0.2) is 5.69 Å². The summed E-state index contributed by atoms with van der Waals surface area (Å²) < 4.78 is 6.49. The topological polar surface area (TPSA) is 140 Å². The Bertz CT molecular complexity index is 1320. The second kappa shape index (κ2) is 12.4. The standard InChI is InChI=1S/C26H31N5O5/c1-3-4-16-30-23(27)22(25(34)29-26(30)35)31(17-18-10-6-5-7-11-18)21(32)14-15-28-24(33)19-12-8-9-13-20(19)36-2/h5-13H,3-4,14-17,27H2,1-2H3,(H,28,33)(H,29,34,35). The molecule has 3 rings (SSSR count). The van der Waals surface area contributed by atoms with Gasteiger partial charge in [-0.05, 0) is 24.1 Å². The third-order valence-electron chi connectivity index (χ3n) is 5.68. The summed E-state index contributed by atoms with van der Waals surface area (Å²) in [5.41, 5.74) is 5.94. The van der Waals surface area contributed by atoms with E-state index in [1.807, 2.05) is 37.3 Å². The molecule has 10 heteroatoms. The highest BCUT2D eigenvalue weighted by molar-refractivity contribution is 5.98. The van der Waals surface area contributed by atoms with Crippen molar-refractivity contribution in [2.45, 2.75) is 39.3 Å². The van der Waals surface area contributed by atoms with Crippen LogP contribution in [0.15, 0.2) is 64.2 Å². The Balaban J connectivity index is 1.86. The van der Waals surface area contributed by atoms with Crippen molar-refractivity contribution >= 4 is 23.3 Å². The molecule has 3 aromatic rings. The summed E-state index contributed by atoms with van der Waals surface area (Å²) in [6, 6.07) is 15.9. The van der Waals surface area contributed by atoms with Crippen molar-refractivity contribution in [3.05, 3.63) is 86.6 Å². The molecule has 1 heterocycles. The second-order valence-electron chi connectivity index (χ2n) is 8.17. The lowest BCUT2D eigenvalue weighted by Gasteiger charge is -2.25. The van der Waals surface area contributed by atoms with E-state index in [1.165, 1.54) is 16.6 Å². The Labute approximate surface area is 208 Å². The van der Waals surface area contributed by atoms with Crippen molar-refractivity contribution in [2.75, 3.05) is 24.3 Å². The van der Waals surface area contributed by atoms with E-state index in [9.17, 15) is 19.2 Å². The van der Waals surface area contributed by atoms with Crippen LogP contribution in [0.1, 0.15) is 42.1 Å². The van der Waals surface area contributed by atoms with Gasteiger partial charge in [-0.3, -0.25) is 23.9 Å². The molecule has 0 bridgehead atoms. The smallest absolute Gasteiger partial charge is 0.330 e. The molecule has 0 aliphatic heterocycles. The molecule has 2 amide bonds. The summed E-state index contributed by atoms with van der Waals surface area (Å²) in [4.78, 5) is 54.7. The van der Waals surface area contributed by atoms with Crippen LogP contribution in [0.5, 0.6) is 5.75 Å². The van der Waals surface area contributed by atoms with Crippen LogP contribution in [0.3, 0.4) is 0 Å². The fourth-order valence-corrected chi connectivity index (χ4v) is 3.78. The van der Waals surface area contributed by atoms with Gasteiger partial charge in [-0.1, -0.05) is 55.8 Å². The van der Waals surface area contributed by atoms with Crippen molar-refractivity contribution in [1.82, 2.24) is 14.9 Å². The molecule has 0 spiro atoms. The number of rotatable bonds is 11. The van der Waals surface area contributed by atoms with Crippen molar-refractivity contribution in [3.63, 3.8) is 0 Å². The molecule has 0 aliphatic carbocycles. The number of nitrogens with zero attached hydrogens (tertiary/aromatic N) is 2. The highest BCUT2D eigenvalue weighted by Gasteiger charge is 2.24. The lowest BCUT2D eigenvalue weighted by molar-refractivity contribution is -0.118. The Morgan fingerprint density at radius 1 is 1.08 bits per heavy atom. The molecule has 0 saturated heterocycles. The van der Waals surface area contributed by atoms with Gasteiger partial charge >= 0.3 is 5.69 Å². The SMILES string of the molecule is CCCCn1c(N)c(N(Cc2ccccc2)C(=O)CCNC(=O)c2ccccc2OC)c(=O)[nH]c1=O. The summed E-state index contributed by atoms with van der Waals surface area (Å²) in [7, 11) is 1.47. The maximum atomic E-state index is 13.4. The number of para-hydroxylation sites is 1. The quantitative estimate of drug-likeness (QED) is 0.374. The normalized spacial score (nSPS) is 10.6. The number of nitrogens with two attached hydrogens (primary N) is 1. The molecule has 0 unspecified atom stereocenters. The number of nitrogen functional groups attached to an aromatic ring is 1. The van der Waals surface area contributed by atoms with Gasteiger partial charge in [0.2, 0.25) is 5.91 Å². The van der Waals surface area contributed by atoms with Crippen LogP contribution in [-0.2, 0) is 17.9 Å². The van der Waals surface area contributed by atoms with Gasteiger partial charge in [0, 0.05) is 19.5 Å². The minimum absolute atomic E-state index is 0.0221. The number of amides is 2. The number of unbranched alkanes of at least 4 members (excludes halogenated alkanes) is 1. The van der Waals surface area contributed by atoms with Gasteiger partial charge in [-0.25, -0.2) is 4.79 Å². The molecule has 190 valence electrons. The Morgan fingerprint density at radius 3 is 2.47 bits per heavy atom. The number of ether oxygens (including phenoxy) is 1. The number of H-pyrrole nitrogens is 1. The number of methoxy groups -OCH3 is 1. The number of aromatic amines is 1. The van der Waals surface area contributed by atoms with E-state index >= 15 is 0 Å². The zero-order chi connectivity index (χ0) is 26.1. The molecule has 4 N–H and O–H groups in total. The average molecular weight is 494 g/mol. The molecule has 0 aliphatic rings. The zero-order valence-electron chi connectivity index (χ0n) is 20.5. The predicted octanol–water partition coefficient (Wildman–Crippen LogP) is 2.28. The number of nitrogens with one attached hydrogen (secondary N) is 2. The zero-order valence-corrected chi connectivity index (χ0v) is 20.5. The number of carbonyl (C=O) groups excluding carboxylic acids is 2. The fourth-order valence-electron chi connectivity index (χ4n) is 3.78. The first-order valence-electron chi connectivity index (χ1n) is 11.8. The number of benzene rings is 2. The van der Waals surface area contributed by atoms with Crippen molar-refractivity contribution in [1.29, 1.82) is 0 Å². The van der Waals surface area contributed by atoms with E-state index in [-0.39, 0.29) is 36.9 Å². The molecular weight excluding hydrogens is 462 g/mol. The Morgan fingerprint density at radius 2 is 1.78 bits per heavy atom. The fraction of sp³-hybridized carbons (Fsp3) is 0.308. The summed E-state index contributed by atoms with van der Waals surface area (Å²) in [5, 5.41) is 2.71. The molecule has 36 heavy (non-hydrogen) atoms. The molecule has 1 aromatic heterocycles. The molecule has 2 aromatic carbocycles. The van der Waals surface area contributed by atoms with Gasteiger partial charge in [0.05, 0.1) is 19.2 Å². The predicted molar refractivity (Wildman–Crippen MR) is 138 cm³/mol. The van der Waals surface area contributed by atoms with Crippen molar-refractivity contribution in [3.8, 4) is 5.75 Å². The van der Waals surface area contributed by atoms with Gasteiger partial charge < -0.3 is 20.7 Å². The van der Waals surface area contributed by atoms with E-state index in [0.29, 0.717) is 24.3 Å². The molecule has 0 atom stereocenters. The minimum Gasteiger partial charge on any atom is -0.496 e. The van der Waals surface area contributed by atoms with Crippen LogP contribution < -0.4 is 31.9 Å². The summed E-state index contributed by atoms with van der Waals surface area (Å²) in [6.45, 7) is 2.37. The Hall–Kier alpha value is -4.34. The molecule has 0 radical (unpaired) electrons. The minimum atomic E-state index is -0.743. The van der Waals surface area contributed by atoms with Crippen LogP contribution >= 0.6 is 0 Å². The summed E-state index contributed by atoms with van der Waals surface area (Å²) >= 11 is 0. The van der Waals surface area contributed by atoms with Gasteiger partial charge in [-0.2, -0.15) is 0 Å². The monoisotopic (exact) mass is 493 g/mol.